The lowest BCUT2D eigenvalue weighted by Crippen LogP contribution is -2.09. The van der Waals surface area contributed by atoms with Crippen LogP contribution in [-0.4, -0.2) is 29.1 Å². The molecule has 332 valence electrons. The third-order valence-electron chi connectivity index (χ3n) is 6.23. The summed E-state index contributed by atoms with van der Waals surface area (Å²) < 4.78 is 137. The van der Waals surface area contributed by atoms with E-state index >= 15 is 0 Å². The zero-order valence-corrected chi connectivity index (χ0v) is 34.6. The fraction of sp³-hybridized carbons (Fsp3) is 0.0588. The Morgan fingerprint density at radius 3 is 1.61 bits per heavy atom. The second-order valence-electron chi connectivity index (χ2n) is 10.9. The molecule has 0 saturated carbocycles. The highest BCUT2D eigenvalue weighted by atomic mass is 79.9. The third-order valence-corrected chi connectivity index (χ3v) is 7.34. The maximum Gasteiger partial charge on any atom is 0.423 e. The number of nitrogen functional groups attached to an aromatic ring is 5. The van der Waals surface area contributed by atoms with Gasteiger partial charge in [0.25, 0.3) is 21.5 Å². The van der Waals surface area contributed by atoms with Crippen molar-refractivity contribution < 1.29 is 62.3 Å². The van der Waals surface area contributed by atoms with E-state index in [-0.39, 0.29) is 38.3 Å². The number of nitrogens with zero attached hydrogens (tertiary/aromatic N) is 4. The van der Waals surface area contributed by atoms with E-state index < -0.39 is 83.7 Å². The van der Waals surface area contributed by atoms with Crippen molar-refractivity contribution in [2.75, 3.05) is 34.9 Å². The van der Waals surface area contributed by atoms with E-state index in [1.807, 2.05) is 0 Å². The lowest BCUT2D eigenvalue weighted by molar-refractivity contribution is -0.388. The molecule has 0 heterocycles. The van der Waals surface area contributed by atoms with Gasteiger partial charge in [-0.3, -0.25) is 24.8 Å². The fourth-order valence-corrected chi connectivity index (χ4v) is 4.28. The largest absolute Gasteiger partial charge is 0.423 e. The zero-order chi connectivity index (χ0) is 48.4. The molecule has 11 N–H and O–H groups in total. The molecule has 0 spiro atoms. The molecule has 0 aromatic heterocycles. The van der Waals surface area contributed by atoms with Crippen molar-refractivity contribution in [2.24, 2.45) is 0 Å². The Morgan fingerprint density at radius 1 is 0.677 bits per heavy atom. The molecule has 0 bridgehead atoms. The smallest absolute Gasteiger partial charge is 0.399 e. The van der Waals surface area contributed by atoms with Crippen LogP contribution >= 0.6 is 31.9 Å². The highest BCUT2D eigenvalue weighted by Gasteiger charge is 2.38. The number of nitriles is 2. The Morgan fingerprint density at radius 2 is 1.19 bits per heavy atom. The molecule has 0 unspecified atom stereocenters. The number of anilines is 5. The molecule has 0 radical (unpaired) electrons. The number of nitro benzene ring substituents is 2. The summed E-state index contributed by atoms with van der Waals surface area (Å²) in [7, 11) is -3.67. The van der Waals surface area contributed by atoms with Crippen LogP contribution in [0.5, 0.6) is 0 Å². The highest BCUT2D eigenvalue weighted by molar-refractivity contribution is 9.10. The van der Waals surface area contributed by atoms with E-state index in [0.717, 1.165) is 36.4 Å². The molecule has 5 aromatic carbocycles. The molecule has 5 rings (SSSR count). The van der Waals surface area contributed by atoms with Crippen LogP contribution in [-0.2, 0) is 16.3 Å². The average molecular weight is 1040 g/mol. The summed E-state index contributed by atoms with van der Waals surface area (Å²) in [6.45, 7) is 0. The molecule has 0 fully saturated rings. The number of benzene rings is 5. The summed E-state index contributed by atoms with van der Waals surface area (Å²) >= 11 is 5.67. The summed E-state index contributed by atoms with van der Waals surface area (Å²) in [5.74, 6) is -6.23. The van der Waals surface area contributed by atoms with Crippen LogP contribution < -0.4 is 28.7 Å². The molecule has 0 aliphatic rings. The number of alkyl halides is 3. The van der Waals surface area contributed by atoms with Gasteiger partial charge < -0.3 is 28.7 Å². The van der Waals surface area contributed by atoms with Gasteiger partial charge in [-0.05, 0) is 70.5 Å². The monoisotopic (exact) mass is 1030 g/mol. The number of hydrogen-bond donors (Lipinski definition) is 6. The molecule has 28 heteroatoms. The lowest BCUT2D eigenvalue weighted by Gasteiger charge is -2.07. The van der Waals surface area contributed by atoms with Crippen LogP contribution in [0.15, 0.2) is 81.7 Å². The van der Waals surface area contributed by atoms with E-state index in [9.17, 15) is 68.2 Å². The van der Waals surface area contributed by atoms with Crippen molar-refractivity contribution in [3.63, 3.8) is 0 Å². The van der Waals surface area contributed by atoms with Crippen molar-refractivity contribution in [1.29, 1.82) is 10.5 Å². The van der Waals surface area contributed by atoms with Crippen LogP contribution in [0.3, 0.4) is 0 Å². The summed E-state index contributed by atoms with van der Waals surface area (Å²) in [5, 5.41) is 37.3. The van der Waals surface area contributed by atoms with Crippen LogP contribution in [0.2, 0.25) is 0 Å². The summed E-state index contributed by atoms with van der Waals surface area (Å²) in [6, 6.07) is 16.8. The Kier molecular flexibility index (Phi) is 21.7. The summed E-state index contributed by atoms with van der Waals surface area (Å²) in [6.07, 6.45) is -4.05. The van der Waals surface area contributed by atoms with Crippen molar-refractivity contribution in [3.8, 4) is 12.1 Å². The molecule has 0 aliphatic carbocycles. The first-order chi connectivity index (χ1) is 28.4. The number of rotatable bonds is 2. The topological polar surface area (TPSA) is 318 Å². The van der Waals surface area contributed by atoms with Gasteiger partial charge in [-0.2, -0.15) is 32.1 Å². The molecule has 5 aromatic rings. The van der Waals surface area contributed by atoms with Crippen LogP contribution in [0.25, 0.3) is 0 Å². The van der Waals surface area contributed by atoms with Crippen molar-refractivity contribution in [1.82, 2.24) is 0 Å². The van der Waals surface area contributed by atoms with Gasteiger partial charge in [0.05, 0.1) is 39.1 Å². The number of halogens is 11. The van der Waals surface area contributed by atoms with Crippen LogP contribution in [0.1, 0.15) is 16.7 Å². The van der Waals surface area contributed by atoms with Gasteiger partial charge in [-0.15, -0.1) is 0 Å². The van der Waals surface area contributed by atoms with Gasteiger partial charge in [-0.1, -0.05) is 22.0 Å². The average Bonchev–Trinajstić information content (AvgIpc) is 3.15. The fourth-order valence-electron chi connectivity index (χ4n) is 3.50. The van der Waals surface area contributed by atoms with Crippen molar-refractivity contribution >= 4 is 81.8 Å². The molecular formula is C34H26Br2F9N9O7S. The van der Waals surface area contributed by atoms with Gasteiger partial charge in [-0.25, -0.2) is 26.3 Å². The third kappa shape index (κ3) is 19.0. The second-order valence-corrected chi connectivity index (χ2v) is 14.1. The summed E-state index contributed by atoms with van der Waals surface area (Å²) in [4.78, 5) is 18.8. The minimum Gasteiger partial charge on any atom is -0.399 e. The maximum atomic E-state index is 12.5. The van der Waals surface area contributed by atoms with Gasteiger partial charge in [0.2, 0.25) is 0 Å². The summed E-state index contributed by atoms with van der Waals surface area (Å²) in [5.41, 5.74) is 22.5. The number of hydrogen-bond acceptors (Lipinski definition) is 13. The predicted octanol–water partition coefficient (Wildman–Crippen LogP) is 8.79. The normalized spacial score (nSPS) is 10.0. The predicted molar refractivity (Wildman–Crippen MR) is 215 cm³/mol. The molecular weight excluding hydrogens is 1010 g/mol. The minimum absolute atomic E-state index is 0.00824. The molecule has 62 heavy (non-hydrogen) atoms. The quantitative estimate of drug-likeness (QED) is 0.0183. The maximum absolute atomic E-state index is 12.5. The van der Waals surface area contributed by atoms with E-state index in [4.69, 9.17) is 43.7 Å². The van der Waals surface area contributed by atoms with Crippen LogP contribution in [0.4, 0.5) is 79.3 Å². The van der Waals surface area contributed by atoms with Crippen molar-refractivity contribution in [3.05, 3.63) is 154 Å². The zero-order valence-electron chi connectivity index (χ0n) is 30.6. The van der Waals surface area contributed by atoms with Gasteiger partial charge in [0.15, 0.2) is 17.5 Å². The Labute approximate surface area is 360 Å². The van der Waals surface area contributed by atoms with E-state index in [1.165, 1.54) is 30.3 Å². The molecule has 0 amide bonds. The molecule has 16 nitrogen and oxygen atoms in total. The molecule has 0 atom stereocenters. The van der Waals surface area contributed by atoms with E-state index in [1.54, 1.807) is 12.1 Å². The van der Waals surface area contributed by atoms with Gasteiger partial charge in [0, 0.05) is 26.8 Å². The Bertz CT molecular complexity index is 2540. The number of nitro groups is 2. The highest BCUT2D eigenvalue weighted by Crippen LogP contribution is 2.37. The molecule has 0 aliphatic heterocycles. The molecule has 0 saturated heterocycles. The lowest BCUT2D eigenvalue weighted by atomic mass is 10.1. The van der Waals surface area contributed by atoms with Gasteiger partial charge in [0.1, 0.15) is 46.0 Å². The second kappa shape index (κ2) is 24.4. The Hall–Kier alpha value is -6.88. The van der Waals surface area contributed by atoms with Gasteiger partial charge >= 0.3 is 6.18 Å². The van der Waals surface area contributed by atoms with Crippen molar-refractivity contribution in [2.45, 2.75) is 6.18 Å². The number of nitrogens with two attached hydrogens (primary N) is 5. The van der Waals surface area contributed by atoms with Crippen LogP contribution in [0, 0.1) is 77.8 Å². The minimum atomic E-state index is -4.77. The van der Waals surface area contributed by atoms with E-state index in [2.05, 4.69) is 31.9 Å². The standard InChI is InChI=1S/C7H5F3N2O2.C7H5FN2.C7H5N3O2.C6H3BrF3N.C6H4BrF2N.CH4O3S/c8-7(9,10)5-3-4(11)1-2-6(5)12(13)14;8-6-2-1-3-7(10)5(6)4-9;8-4-5-1-2-6(9)7(3-5)10(11)12;7-2-1-3(8)4(9)5(10)6(2)11;7-3-1-4(8)6(10)5(9)2-3;1-5(2,3)4/h1-3H,11H2;1-3H,10H2;1-3H,9H2;1H,11H2;1-2H,10H2;1H3,(H,2,3,4). The first-order valence-corrected chi connectivity index (χ1v) is 18.7. The van der Waals surface area contributed by atoms with E-state index in [0.29, 0.717) is 16.8 Å². The SMILES string of the molecule is CS(=O)(=O)O.N#Cc1c(N)cccc1F.N#Cc1ccc(N)c([N+](=O)[O-])c1.Nc1c(Br)cc(F)c(F)c1F.Nc1c(F)cc(Br)cc1F.Nc1ccc([N+](=O)[O-])c(C(F)(F)F)c1. The first-order valence-electron chi connectivity index (χ1n) is 15.3. The Balaban J connectivity index is 0.000000733. The first kappa shape index (κ1) is 55.1.